The number of guanidine groups is 1. The van der Waals surface area contributed by atoms with E-state index >= 15 is 0 Å². The summed E-state index contributed by atoms with van der Waals surface area (Å²) in [6.45, 7) is 6.23. The van der Waals surface area contributed by atoms with Gasteiger partial charge in [-0.15, -0.1) is 35.3 Å². The zero-order valence-electron chi connectivity index (χ0n) is 14.3. The summed E-state index contributed by atoms with van der Waals surface area (Å²) in [7, 11) is 0. The maximum atomic E-state index is 4.70. The van der Waals surface area contributed by atoms with Gasteiger partial charge < -0.3 is 10.6 Å². The molecule has 0 fully saturated rings. The molecule has 0 bridgehead atoms. The molecular weight excluding hydrogens is 445 g/mol. The first kappa shape index (κ1) is 19.6. The fraction of sp³-hybridized carbons (Fsp3) is 0.278. The molecule has 5 nitrogen and oxygen atoms in total. The summed E-state index contributed by atoms with van der Waals surface area (Å²) < 4.78 is 0. The zero-order chi connectivity index (χ0) is 16.8. The normalized spacial score (nSPS) is 11.2. The number of nitrogens with one attached hydrogen (secondary N) is 2. The van der Waals surface area contributed by atoms with E-state index in [4.69, 9.17) is 4.99 Å². The van der Waals surface area contributed by atoms with E-state index in [1.54, 1.807) is 11.3 Å². The van der Waals surface area contributed by atoms with E-state index in [-0.39, 0.29) is 24.0 Å². The van der Waals surface area contributed by atoms with Crippen molar-refractivity contribution in [1.29, 1.82) is 0 Å². The molecule has 1 aromatic carbocycles. The maximum Gasteiger partial charge on any atom is 0.191 e. The van der Waals surface area contributed by atoms with Crippen molar-refractivity contribution in [2.75, 3.05) is 6.54 Å². The van der Waals surface area contributed by atoms with Gasteiger partial charge in [-0.25, -0.2) is 9.98 Å². The second kappa shape index (κ2) is 9.67. The number of hydrogen-bond donors (Lipinski definition) is 2. The molecule has 2 heterocycles. The summed E-state index contributed by atoms with van der Waals surface area (Å²) in [6.07, 6.45) is 3.74. The number of para-hydroxylation sites is 1. The maximum absolute atomic E-state index is 4.70. The predicted octanol–water partition coefficient (Wildman–Crippen LogP) is 3.87. The lowest BCUT2D eigenvalue weighted by Crippen LogP contribution is -2.36. The van der Waals surface area contributed by atoms with Crippen molar-refractivity contribution < 1.29 is 0 Å². The fourth-order valence-corrected chi connectivity index (χ4v) is 3.17. The van der Waals surface area contributed by atoms with Crippen molar-refractivity contribution in [1.82, 2.24) is 20.6 Å². The molecule has 3 rings (SSSR count). The molecule has 25 heavy (non-hydrogen) atoms. The Labute approximate surface area is 169 Å². The van der Waals surface area contributed by atoms with E-state index in [2.05, 4.69) is 40.5 Å². The van der Waals surface area contributed by atoms with Gasteiger partial charge in [0.25, 0.3) is 0 Å². The van der Waals surface area contributed by atoms with Crippen molar-refractivity contribution in [3.05, 3.63) is 58.2 Å². The molecule has 0 unspecified atom stereocenters. The third-order valence-corrected chi connectivity index (χ3v) is 4.48. The summed E-state index contributed by atoms with van der Waals surface area (Å²) in [5.74, 6) is 0.797. The average molecular weight is 467 g/mol. The SMILES string of the molecule is CCNC(=NCc1ccnc2ccccc12)NCc1ncc(C)s1.I. The topological polar surface area (TPSA) is 62.2 Å². The third-order valence-electron chi connectivity index (χ3n) is 3.57. The standard InChI is InChI=1S/C18H21N5S.HI/c1-3-19-18(23-12-17-21-10-13(2)24-17)22-11-14-8-9-20-16-7-5-4-6-15(14)16;/h4-10H,3,11-12H2,1-2H3,(H2,19,22,23);1H. The highest BCUT2D eigenvalue weighted by molar-refractivity contribution is 14.0. The van der Waals surface area contributed by atoms with Crippen LogP contribution in [-0.2, 0) is 13.1 Å². The number of pyridine rings is 1. The smallest absolute Gasteiger partial charge is 0.191 e. The largest absolute Gasteiger partial charge is 0.357 e. The molecule has 2 N–H and O–H groups in total. The van der Waals surface area contributed by atoms with Gasteiger partial charge in [-0.05, 0) is 31.5 Å². The van der Waals surface area contributed by atoms with Crippen molar-refractivity contribution >= 4 is 52.2 Å². The van der Waals surface area contributed by atoms with Crippen LogP contribution in [0, 0.1) is 6.92 Å². The van der Waals surface area contributed by atoms with Gasteiger partial charge in [-0.3, -0.25) is 4.98 Å². The first-order valence-corrected chi connectivity index (χ1v) is 8.84. The van der Waals surface area contributed by atoms with Crippen LogP contribution in [-0.4, -0.2) is 22.5 Å². The van der Waals surface area contributed by atoms with Gasteiger partial charge in [-0.1, -0.05) is 18.2 Å². The van der Waals surface area contributed by atoms with Gasteiger partial charge in [0.15, 0.2) is 5.96 Å². The minimum atomic E-state index is 0. The molecule has 0 saturated heterocycles. The molecule has 0 atom stereocenters. The van der Waals surface area contributed by atoms with E-state index in [1.165, 1.54) is 10.4 Å². The van der Waals surface area contributed by atoms with Crippen LogP contribution in [0.3, 0.4) is 0 Å². The number of halogens is 1. The molecule has 3 aromatic rings. The van der Waals surface area contributed by atoms with Crippen LogP contribution in [0.4, 0.5) is 0 Å². The van der Waals surface area contributed by atoms with Crippen LogP contribution in [0.2, 0.25) is 0 Å². The second-order valence-electron chi connectivity index (χ2n) is 5.40. The van der Waals surface area contributed by atoms with Crippen LogP contribution in [0.15, 0.2) is 47.7 Å². The first-order valence-electron chi connectivity index (χ1n) is 8.02. The molecule has 0 radical (unpaired) electrons. The van der Waals surface area contributed by atoms with Crippen LogP contribution >= 0.6 is 35.3 Å². The number of fused-ring (bicyclic) bond motifs is 1. The van der Waals surface area contributed by atoms with Gasteiger partial charge in [-0.2, -0.15) is 0 Å². The van der Waals surface area contributed by atoms with Crippen molar-refractivity contribution in [2.24, 2.45) is 4.99 Å². The number of nitrogens with zero attached hydrogens (tertiary/aromatic N) is 3. The van der Waals surface area contributed by atoms with E-state index in [9.17, 15) is 0 Å². The van der Waals surface area contributed by atoms with Crippen molar-refractivity contribution in [2.45, 2.75) is 26.9 Å². The third kappa shape index (κ3) is 5.37. The molecule has 0 aliphatic carbocycles. The van der Waals surface area contributed by atoms with Gasteiger partial charge in [0.1, 0.15) is 5.01 Å². The fourth-order valence-electron chi connectivity index (χ4n) is 2.44. The molecule has 0 spiro atoms. The minimum Gasteiger partial charge on any atom is -0.357 e. The Balaban J connectivity index is 0.00000225. The number of aromatic nitrogens is 2. The van der Waals surface area contributed by atoms with Crippen molar-refractivity contribution in [3.8, 4) is 0 Å². The summed E-state index contributed by atoms with van der Waals surface area (Å²) in [5.41, 5.74) is 2.17. The van der Waals surface area contributed by atoms with Gasteiger partial charge in [0.2, 0.25) is 0 Å². The quantitative estimate of drug-likeness (QED) is 0.340. The van der Waals surface area contributed by atoms with Gasteiger partial charge in [0.05, 0.1) is 18.6 Å². The van der Waals surface area contributed by atoms with E-state index in [0.717, 1.165) is 28.4 Å². The van der Waals surface area contributed by atoms with Crippen LogP contribution in [0.25, 0.3) is 10.9 Å². The lowest BCUT2D eigenvalue weighted by molar-refractivity contribution is 0.812. The number of aryl methyl sites for hydroxylation is 1. The monoisotopic (exact) mass is 467 g/mol. The summed E-state index contributed by atoms with van der Waals surface area (Å²) in [5, 5.41) is 8.83. The zero-order valence-corrected chi connectivity index (χ0v) is 17.5. The Hall–Kier alpha value is -1.74. The second-order valence-corrected chi connectivity index (χ2v) is 6.72. The minimum absolute atomic E-state index is 0. The average Bonchev–Trinajstić information content (AvgIpc) is 3.03. The predicted molar refractivity (Wildman–Crippen MR) is 116 cm³/mol. The number of hydrogen-bond acceptors (Lipinski definition) is 4. The lowest BCUT2D eigenvalue weighted by atomic mass is 10.1. The molecular formula is C18H22IN5S. The summed E-state index contributed by atoms with van der Waals surface area (Å²) in [4.78, 5) is 14.7. The Kier molecular flexibility index (Phi) is 7.57. The van der Waals surface area contributed by atoms with Gasteiger partial charge >= 0.3 is 0 Å². The van der Waals surface area contributed by atoms with Crippen LogP contribution in [0.1, 0.15) is 22.4 Å². The molecule has 0 aliphatic rings. The molecule has 0 amide bonds. The molecule has 0 saturated carbocycles. The Morgan fingerprint density at radius 3 is 2.76 bits per heavy atom. The summed E-state index contributed by atoms with van der Waals surface area (Å²) in [6, 6.07) is 10.2. The molecule has 132 valence electrons. The Morgan fingerprint density at radius 1 is 1.16 bits per heavy atom. The van der Waals surface area contributed by atoms with Crippen molar-refractivity contribution in [3.63, 3.8) is 0 Å². The van der Waals surface area contributed by atoms with E-state index < -0.39 is 0 Å². The highest BCUT2D eigenvalue weighted by Crippen LogP contribution is 2.16. The first-order chi connectivity index (χ1) is 11.8. The number of aliphatic imine (C=N–C) groups is 1. The molecule has 0 aliphatic heterocycles. The Morgan fingerprint density at radius 2 is 2.00 bits per heavy atom. The lowest BCUT2D eigenvalue weighted by Gasteiger charge is -2.10. The molecule has 2 aromatic heterocycles. The number of thiazole rings is 1. The van der Waals surface area contributed by atoms with E-state index in [0.29, 0.717) is 13.1 Å². The van der Waals surface area contributed by atoms with Crippen LogP contribution in [0.5, 0.6) is 0 Å². The van der Waals surface area contributed by atoms with Crippen LogP contribution < -0.4 is 10.6 Å². The Bertz CT molecular complexity index is 841. The van der Waals surface area contributed by atoms with Gasteiger partial charge in [0, 0.05) is 29.2 Å². The molecule has 7 heteroatoms. The summed E-state index contributed by atoms with van der Waals surface area (Å²) >= 11 is 1.70. The van der Waals surface area contributed by atoms with E-state index in [1.807, 2.05) is 36.7 Å². The number of rotatable bonds is 5. The highest BCUT2D eigenvalue weighted by Gasteiger charge is 2.04. The highest BCUT2D eigenvalue weighted by atomic mass is 127. The number of benzene rings is 1.